The molecule has 2 saturated heterocycles. The third-order valence-electron chi connectivity index (χ3n) is 15.4. The molecule has 2 aliphatic heterocycles. The Kier molecular flexibility index (Phi) is 22.3. The van der Waals surface area contributed by atoms with Gasteiger partial charge in [-0.05, 0) is 120 Å². The van der Waals surface area contributed by atoms with Gasteiger partial charge in [-0.3, -0.25) is 19.2 Å². The highest BCUT2D eigenvalue weighted by Gasteiger charge is 2.50. The molecule has 6 rings (SSSR count). The number of rotatable bonds is 18. The van der Waals surface area contributed by atoms with Crippen LogP contribution in [0, 0.1) is 0 Å². The Morgan fingerprint density at radius 1 is 0.539 bits per heavy atom. The number of carbonyl (C=O) groups excluding carboxylic acids is 4. The molecule has 0 unspecified atom stereocenters. The summed E-state index contributed by atoms with van der Waals surface area (Å²) in [7, 11) is -1.58. The van der Waals surface area contributed by atoms with Crippen molar-refractivity contribution in [1.29, 1.82) is 0 Å². The number of hydrogen-bond donors (Lipinski definition) is 0. The Hall–Kier alpha value is -3.81. The van der Waals surface area contributed by atoms with Gasteiger partial charge in [0, 0.05) is 20.1 Å². The quantitative estimate of drug-likeness (QED) is 0.0701. The summed E-state index contributed by atoms with van der Waals surface area (Å²) in [4.78, 5) is 56.5. The minimum absolute atomic E-state index is 0.0205. The van der Waals surface area contributed by atoms with E-state index in [1.54, 1.807) is 12.1 Å². The molecule has 18 heteroatoms. The number of ether oxygens (including phenoxy) is 4. The highest BCUT2D eigenvalue weighted by molar-refractivity contribution is 6.74. The average Bonchev–Trinajstić information content (AvgIpc) is 3.36. The second kappa shape index (κ2) is 26.9. The minimum Gasteiger partial charge on any atom is -0.469 e. The normalized spacial score (nSPS) is 21.3. The average molecular weight is 1160 g/mol. The number of amides is 2. The highest BCUT2D eigenvalue weighted by atomic mass is 35.5. The van der Waals surface area contributed by atoms with Crippen LogP contribution in [0.1, 0.15) is 128 Å². The van der Waals surface area contributed by atoms with Crippen molar-refractivity contribution in [1.82, 2.24) is 9.80 Å². The van der Waals surface area contributed by atoms with Gasteiger partial charge in [0.25, 0.3) is 11.8 Å². The first-order valence-electron chi connectivity index (χ1n) is 26.0. The number of carbonyl (C=O) groups is 4. The van der Waals surface area contributed by atoms with E-state index in [0.717, 1.165) is 22.3 Å². The maximum absolute atomic E-state index is 14.1. The van der Waals surface area contributed by atoms with E-state index in [-0.39, 0.29) is 46.8 Å². The molecular weight excluding hydrogens is 1080 g/mol. The van der Waals surface area contributed by atoms with Crippen LogP contribution in [0.3, 0.4) is 0 Å². The molecular formula is C58H78Cl4N2O10Si2. The number of morpholine rings is 2. The summed E-state index contributed by atoms with van der Waals surface area (Å²) >= 11 is 25.2. The lowest BCUT2D eigenvalue weighted by atomic mass is 9.89. The third kappa shape index (κ3) is 15.7. The maximum Gasteiger partial charge on any atom is 0.308 e. The van der Waals surface area contributed by atoms with Crippen molar-refractivity contribution in [3.63, 3.8) is 0 Å². The lowest BCUT2D eigenvalue weighted by Crippen LogP contribution is -2.57. The Labute approximate surface area is 473 Å². The molecule has 0 bridgehead atoms. The summed E-state index contributed by atoms with van der Waals surface area (Å²) in [6, 6.07) is 28.2. The van der Waals surface area contributed by atoms with Gasteiger partial charge in [-0.1, -0.05) is 150 Å². The van der Waals surface area contributed by atoms with Crippen molar-refractivity contribution in [3.05, 3.63) is 139 Å². The molecule has 4 aromatic carbocycles. The maximum atomic E-state index is 14.1. The van der Waals surface area contributed by atoms with Gasteiger partial charge in [0.1, 0.15) is 24.4 Å². The van der Waals surface area contributed by atoms with Crippen LogP contribution in [-0.2, 0) is 47.0 Å². The van der Waals surface area contributed by atoms with Crippen LogP contribution < -0.4 is 0 Å². The van der Waals surface area contributed by atoms with Gasteiger partial charge in [0.2, 0.25) is 0 Å². The molecule has 2 amide bonds. The molecule has 4 aromatic rings. The third-order valence-corrected chi connectivity index (χ3v) is 25.4. The van der Waals surface area contributed by atoms with Gasteiger partial charge < -0.3 is 37.6 Å². The molecule has 2 aliphatic rings. The van der Waals surface area contributed by atoms with E-state index >= 15 is 0 Å². The van der Waals surface area contributed by atoms with Crippen LogP contribution in [0.2, 0.25) is 56.4 Å². The minimum atomic E-state index is -2.09. The zero-order valence-corrected chi connectivity index (χ0v) is 51.6. The van der Waals surface area contributed by atoms with Gasteiger partial charge in [-0.15, -0.1) is 0 Å². The first-order valence-corrected chi connectivity index (χ1v) is 33.3. The van der Waals surface area contributed by atoms with Gasteiger partial charge in [0.05, 0.1) is 64.4 Å². The fourth-order valence-electron chi connectivity index (χ4n) is 8.78. The zero-order valence-electron chi connectivity index (χ0n) is 46.6. The first kappa shape index (κ1) is 63.0. The van der Waals surface area contributed by atoms with Crippen LogP contribution in [0.5, 0.6) is 0 Å². The van der Waals surface area contributed by atoms with Crippen molar-refractivity contribution in [2.45, 2.75) is 166 Å². The summed E-state index contributed by atoms with van der Waals surface area (Å²) in [5.41, 5.74) is 3.36. The summed E-state index contributed by atoms with van der Waals surface area (Å²) < 4.78 is 35.9. The Morgan fingerprint density at radius 2 is 0.868 bits per heavy atom. The Balaban J connectivity index is 0.000000281. The monoisotopic (exact) mass is 1160 g/mol. The SMILES string of the molecule is CC[C@@H](CO[Si](C)(C)C(C)(C)C)N1C(=O)[C@@H](CC(=O)OC)O[C@H](c2cccc(Cl)c2)[C@H]1c1ccc(Cl)cc1.CC[C@@H](CO[Si](C)(C)C(C)(C)C)N1C(=O)[C@H](CC(=O)OC)O[C@H](c2cccc(Cl)c2)[C@H]1c1ccc(Cl)cc1. The van der Waals surface area contributed by atoms with E-state index in [2.05, 4.69) is 67.7 Å². The molecule has 12 nitrogen and oxygen atoms in total. The Bertz CT molecular complexity index is 2410. The van der Waals surface area contributed by atoms with Crippen molar-refractivity contribution in [3.8, 4) is 0 Å². The van der Waals surface area contributed by atoms with E-state index < -0.39 is 65.1 Å². The molecule has 0 saturated carbocycles. The van der Waals surface area contributed by atoms with Crippen LogP contribution in [0.15, 0.2) is 97.1 Å². The van der Waals surface area contributed by atoms with E-state index in [0.29, 0.717) is 46.1 Å². The van der Waals surface area contributed by atoms with E-state index in [1.165, 1.54) is 14.2 Å². The molecule has 0 aromatic heterocycles. The second-order valence-corrected chi connectivity index (χ2v) is 33.9. The van der Waals surface area contributed by atoms with Crippen LogP contribution in [0.25, 0.3) is 0 Å². The van der Waals surface area contributed by atoms with Crippen LogP contribution in [-0.4, -0.2) is 102 Å². The zero-order chi connectivity index (χ0) is 56.5. The molecule has 2 heterocycles. The molecule has 0 spiro atoms. The van der Waals surface area contributed by atoms with E-state index in [4.69, 9.17) is 74.2 Å². The predicted octanol–water partition coefficient (Wildman–Crippen LogP) is 14.7. The van der Waals surface area contributed by atoms with Crippen LogP contribution >= 0.6 is 46.4 Å². The Morgan fingerprint density at radius 3 is 1.14 bits per heavy atom. The second-order valence-electron chi connectivity index (χ2n) is 22.5. The van der Waals surface area contributed by atoms with E-state index in [9.17, 15) is 19.2 Å². The number of methoxy groups -OCH3 is 2. The van der Waals surface area contributed by atoms with Gasteiger partial charge in [-0.2, -0.15) is 0 Å². The number of nitrogens with zero attached hydrogens (tertiary/aromatic N) is 2. The predicted molar refractivity (Wildman–Crippen MR) is 308 cm³/mol. The fraction of sp³-hybridized carbons (Fsp3) is 0.517. The van der Waals surface area contributed by atoms with Crippen LogP contribution in [0.4, 0.5) is 0 Å². The number of benzene rings is 4. The lowest BCUT2D eigenvalue weighted by molar-refractivity contribution is -0.185. The summed E-state index contributed by atoms with van der Waals surface area (Å²) in [5.74, 6) is -1.55. The number of halogens is 4. The molecule has 2 fully saturated rings. The summed E-state index contributed by atoms with van der Waals surface area (Å²) in [6.07, 6.45) is -2.21. The van der Waals surface area contributed by atoms with Gasteiger partial charge >= 0.3 is 11.9 Å². The number of hydrogen-bond acceptors (Lipinski definition) is 10. The molecule has 0 N–H and O–H groups in total. The van der Waals surface area contributed by atoms with Crippen molar-refractivity contribution in [2.75, 3.05) is 27.4 Å². The molecule has 8 atom stereocenters. The molecule has 0 aliphatic carbocycles. The van der Waals surface area contributed by atoms with Gasteiger partial charge in [0.15, 0.2) is 16.6 Å². The van der Waals surface area contributed by atoms with Gasteiger partial charge in [-0.25, -0.2) is 0 Å². The van der Waals surface area contributed by atoms with Crippen molar-refractivity contribution < 1.29 is 47.0 Å². The standard InChI is InChI=1S/2C29H39Cl2NO5Si/c2*1-8-23(18-36-38(6,7)29(2,3)4)32-26(19-12-14-21(30)15-13-19)27(20-10-9-11-22(31)16-20)37-24(28(32)34)17-25(33)35-5/h2*9-16,23-24,26-27H,8,17-18H2,1-7H3/t23-,24+,26+,27+;23-,24-,26+,27+/m00/s1. The lowest BCUT2D eigenvalue weighted by Gasteiger charge is -2.48. The summed E-state index contributed by atoms with van der Waals surface area (Å²) in [5, 5.41) is 2.35. The largest absolute Gasteiger partial charge is 0.469 e. The summed E-state index contributed by atoms with van der Waals surface area (Å²) in [6.45, 7) is 26.8. The molecule has 416 valence electrons. The highest BCUT2D eigenvalue weighted by Crippen LogP contribution is 2.48. The van der Waals surface area contributed by atoms with Crippen molar-refractivity contribution >= 4 is 86.8 Å². The first-order chi connectivity index (χ1) is 35.6. The number of esters is 2. The fourth-order valence-corrected chi connectivity index (χ4v) is 11.5. The van der Waals surface area contributed by atoms with E-state index in [1.807, 2.05) is 109 Å². The smallest absolute Gasteiger partial charge is 0.308 e. The van der Waals surface area contributed by atoms with Crippen molar-refractivity contribution in [2.24, 2.45) is 0 Å². The molecule has 76 heavy (non-hydrogen) atoms. The molecule has 0 radical (unpaired) electrons. The topological polar surface area (TPSA) is 130 Å².